The SMILES string of the molecule is CNC(=O)NC(=O)[C@H](C)OC(=O)[C@@H]1CC(=O)N([C@H]2CCC[C@H](C)[C@H]2C)C1. The molecule has 1 saturated carbocycles. The highest BCUT2D eigenvalue weighted by Crippen LogP contribution is 2.35. The van der Waals surface area contributed by atoms with Crippen molar-refractivity contribution in [3.63, 3.8) is 0 Å². The quantitative estimate of drug-likeness (QED) is 0.723. The van der Waals surface area contributed by atoms with Gasteiger partial charge in [-0.1, -0.05) is 26.7 Å². The molecular formula is C18H29N3O5. The molecule has 0 aromatic rings. The number of hydrogen-bond donors (Lipinski definition) is 2. The Bertz CT molecular complexity index is 579. The second-order valence-corrected chi connectivity index (χ2v) is 7.43. The highest BCUT2D eigenvalue weighted by atomic mass is 16.5. The highest BCUT2D eigenvalue weighted by Gasteiger charge is 2.42. The van der Waals surface area contributed by atoms with Crippen molar-refractivity contribution in [2.45, 2.75) is 58.6 Å². The van der Waals surface area contributed by atoms with Crippen LogP contribution in [0.2, 0.25) is 0 Å². The van der Waals surface area contributed by atoms with E-state index in [-0.39, 0.29) is 18.4 Å². The molecule has 0 spiro atoms. The minimum atomic E-state index is -1.10. The maximum absolute atomic E-state index is 12.4. The molecular weight excluding hydrogens is 338 g/mol. The van der Waals surface area contributed by atoms with Crippen molar-refractivity contribution in [2.75, 3.05) is 13.6 Å². The van der Waals surface area contributed by atoms with E-state index in [1.807, 2.05) is 4.90 Å². The first-order chi connectivity index (χ1) is 12.2. The lowest BCUT2D eigenvalue weighted by Crippen LogP contribution is -2.45. The number of nitrogens with zero attached hydrogens (tertiary/aromatic N) is 1. The molecule has 0 bridgehead atoms. The third-order valence-electron chi connectivity index (χ3n) is 5.68. The number of nitrogens with one attached hydrogen (secondary N) is 2. The molecule has 8 heteroatoms. The summed E-state index contributed by atoms with van der Waals surface area (Å²) in [6.07, 6.45) is 2.23. The van der Waals surface area contributed by atoms with Crippen molar-refractivity contribution >= 4 is 23.8 Å². The van der Waals surface area contributed by atoms with Gasteiger partial charge in [0.15, 0.2) is 6.10 Å². The minimum Gasteiger partial charge on any atom is -0.452 e. The summed E-state index contributed by atoms with van der Waals surface area (Å²) in [6, 6.07) is -0.501. The van der Waals surface area contributed by atoms with Crippen LogP contribution < -0.4 is 10.6 Å². The van der Waals surface area contributed by atoms with E-state index in [1.54, 1.807) is 0 Å². The van der Waals surface area contributed by atoms with Crippen LogP contribution in [0.25, 0.3) is 0 Å². The Kier molecular flexibility index (Phi) is 6.61. The van der Waals surface area contributed by atoms with E-state index in [0.717, 1.165) is 12.8 Å². The van der Waals surface area contributed by atoms with Crippen LogP contribution in [0.3, 0.4) is 0 Å². The largest absolute Gasteiger partial charge is 0.452 e. The van der Waals surface area contributed by atoms with Gasteiger partial charge in [0.05, 0.1) is 5.92 Å². The normalized spacial score (nSPS) is 29.8. The molecule has 26 heavy (non-hydrogen) atoms. The predicted molar refractivity (Wildman–Crippen MR) is 93.9 cm³/mol. The van der Waals surface area contributed by atoms with E-state index in [0.29, 0.717) is 18.4 Å². The molecule has 2 rings (SSSR count). The Morgan fingerprint density at radius 1 is 1.23 bits per heavy atom. The zero-order chi connectivity index (χ0) is 19.4. The van der Waals surface area contributed by atoms with Crippen LogP contribution in [0, 0.1) is 17.8 Å². The maximum atomic E-state index is 12.4. The zero-order valence-corrected chi connectivity index (χ0v) is 15.9. The molecule has 146 valence electrons. The summed E-state index contributed by atoms with van der Waals surface area (Å²) in [4.78, 5) is 49.5. The smallest absolute Gasteiger partial charge is 0.321 e. The van der Waals surface area contributed by atoms with Gasteiger partial charge in [0.1, 0.15) is 0 Å². The van der Waals surface area contributed by atoms with Crippen LogP contribution >= 0.6 is 0 Å². The van der Waals surface area contributed by atoms with E-state index < -0.39 is 29.9 Å². The van der Waals surface area contributed by atoms with Crippen LogP contribution in [0.4, 0.5) is 4.79 Å². The molecule has 8 nitrogen and oxygen atoms in total. The van der Waals surface area contributed by atoms with Crippen molar-refractivity contribution in [2.24, 2.45) is 17.8 Å². The van der Waals surface area contributed by atoms with Crippen molar-refractivity contribution in [3.05, 3.63) is 0 Å². The van der Waals surface area contributed by atoms with Gasteiger partial charge in [-0.15, -0.1) is 0 Å². The monoisotopic (exact) mass is 367 g/mol. The Labute approximate surface area is 154 Å². The first kappa shape index (κ1) is 20.2. The summed E-state index contributed by atoms with van der Waals surface area (Å²) < 4.78 is 5.16. The van der Waals surface area contributed by atoms with Gasteiger partial charge in [0.25, 0.3) is 5.91 Å². The van der Waals surface area contributed by atoms with Crippen molar-refractivity contribution < 1.29 is 23.9 Å². The first-order valence-electron chi connectivity index (χ1n) is 9.27. The molecule has 0 unspecified atom stereocenters. The van der Waals surface area contributed by atoms with E-state index in [4.69, 9.17) is 4.74 Å². The van der Waals surface area contributed by atoms with E-state index in [1.165, 1.54) is 20.4 Å². The molecule has 2 N–H and O–H groups in total. The summed E-state index contributed by atoms with van der Waals surface area (Å²) in [7, 11) is 1.38. The Hall–Kier alpha value is -2.12. The maximum Gasteiger partial charge on any atom is 0.321 e. The summed E-state index contributed by atoms with van der Waals surface area (Å²) in [6.45, 7) is 6.10. The van der Waals surface area contributed by atoms with Crippen molar-refractivity contribution in [1.82, 2.24) is 15.5 Å². The summed E-state index contributed by atoms with van der Waals surface area (Å²) in [5.41, 5.74) is 0. The van der Waals surface area contributed by atoms with E-state index in [9.17, 15) is 19.2 Å². The molecule has 5 atom stereocenters. The van der Waals surface area contributed by atoms with Crippen LogP contribution in [0.15, 0.2) is 0 Å². The predicted octanol–water partition coefficient (Wildman–Crippen LogP) is 1.05. The molecule has 2 fully saturated rings. The van der Waals surface area contributed by atoms with Gasteiger partial charge in [0, 0.05) is 26.1 Å². The Morgan fingerprint density at radius 3 is 2.58 bits per heavy atom. The molecule has 0 aromatic carbocycles. The van der Waals surface area contributed by atoms with Crippen LogP contribution in [-0.4, -0.2) is 54.5 Å². The fourth-order valence-electron chi connectivity index (χ4n) is 3.80. The standard InChI is InChI=1S/C18H29N3O5/c1-10-6-5-7-14(11(10)2)21-9-13(8-15(21)22)17(24)26-12(3)16(23)20-18(25)19-4/h10-14H,5-9H2,1-4H3,(H2,19,20,23,25)/t10-,11+,12-,13+,14-/m0/s1. The van der Waals surface area contributed by atoms with E-state index >= 15 is 0 Å². The van der Waals surface area contributed by atoms with Gasteiger partial charge in [-0.25, -0.2) is 4.79 Å². The highest BCUT2D eigenvalue weighted by molar-refractivity contribution is 5.97. The third kappa shape index (κ3) is 4.53. The van der Waals surface area contributed by atoms with Gasteiger partial charge < -0.3 is 15.0 Å². The van der Waals surface area contributed by atoms with Crippen LogP contribution in [0.1, 0.15) is 46.5 Å². The number of hydrogen-bond acceptors (Lipinski definition) is 5. The summed E-state index contributed by atoms with van der Waals surface area (Å²) in [5.74, 6) is -0.909. The summed E-state index contributed by atoms with van der Waals surface area (Å²) >= 11 is 0. The Balaban J connectivity index is 1.92. The van der Waals surface area contributed by atoms with Gasteiger partial charge in [-0.3, -0.25) is 19.7 Å². The molecule has 4 amide bonds. The fraction of sp³-hybridized carbons (Fsp3) is 0.778. The number of likely N-dealkylation sites (tertiary alicyclic amines) is 1. The topological polar surface area (TPSA) is 105 Å². The minimum absolute atomic E-state index is 0.0274. The summed E-state index contributed by atoms with van der Waals surface area (Å²) in [5, 5.41) is 4.31. The molecule has 1 aliphatic heterocycles. The second kappa shape index (κ2) is 8.51. The number of amides is 4. The number of carbonyl (C=O) groups is 4. The van der Waals surface area contributed by atoms with Gasteiger partial charge >= 0.3 is 12.0 Å². The fourth-order valence-corrected chi connectivity index (χ4v) is 3.80. The Morgan fingerprint density at radius 2 is 1.92 bits per heavy atom. The average molecular weight is 367 g/mol. The van der Waals surface area contributed by atoms with Crippen molar-refractivity contribution in [3.8, 4) is 0 Å². The number of esters is 1. The lowest BCUT2D eigenvalue weighted by Gasteiger charge is -2.39. The van der Waals surface area contributed by atoms with E-state index in [2.05, 4.69) is 24.5 Å². The van der Waals surface area contributed by atoms with Crippen LogP contribution in [-0.2, 0) is 19.1 Å². The molecule has 2 aliphatic rings. The lowest BCUT2D eigenvalue weighted by atomic mass is 9.77. The number of carbonyl (C=O) groups excluding carboxylic acids is 4. The third-order valence-corrected chi connectivity index (χ3v) is 5.68. The number of imide groups is 1. The molecule has 1 aliphatic carbocycles. The second-order valence-electron chi connectivity index (χ2n) is 7.43. The number of rotatable bonds is 4. The van der Waals surface area contributed by atoms with Gasteiger partial charge in [-0.05, 0) is 25.2 Å². The number of ether oxygens (including phenoxy) is 1. The molecule has 1 saturated heterocycles. The average Bonchev–Trinajstić information content (AvgIpc) is 2.98. The van der Waals surface area contributed by atoms with Gasteiger partial charge in [-0.2, -0.15) is 0 Å². The first-order valence-corrected chi connectivity index (χ1v) is 9.27. The van der Waals surface area contributed by atoms with Gasteiger partial charge in [0.2, 0.25) is 5.91 Å². The van der Waals surface area contributed by atoms with Crippen LogP contribution in [0.5, 0.6) is 0 Å². The molecule has 0 radical (unpaired) electrons. The lowest BCUT2D eigenvalue weighted by molar-refractivity contribution is -0.158. The zero-order valence-electron chi connectivity index (χ0n) is 15.9. The van der Waals surface area contributed by atoms with Crippen molar-refractivity contribution in [1.29, 1.82) is 0 Å². The molecule has 0 aromatic heterocycles. The number of urea groups is 1. The molecule has 1 heterocycles.